The first-order valence-corrected chi connectivity index (χ1v) is 17.8. The minimum Gasteiger partial charge on any atom is -0.326 e. The molecule has 1 saturated heterocycles. The Hall–Kier alpha value is -3.58. The van der Waals surface area contributed by atoms with Gasteiger partial charge in [0.25, 0.3) is 5.91 Å². The largest absolute Gasteiger partial charge is 0.326 e. The number of carbonyl (C=O) groups excluding carboxylic acids is 2. The molecule has 3 aromatic carbocycles. The minimum absolute atomic E-state index is 0.0642. The number of anilines is 2. The summed E-state index contributed by atoms with van der Waals surface area (Å²) in [5.74, 6) is -0.0353. The normalized spacial score (nSPS) is 16.5. The molecule has 0 unspecified atom stereocenters. The maximum Gasteiger partial charge on any atom is 0.255 e. The van der Waals surface area contributed by atoms with Crippen molar-refractivity contribution in [3.05, 3.63) is 83.4 Å². The van der Waals surface area contributed by atoms with Gasteiger partial charge in [-0.05, 0) is 78.4 Å². The van der Waals surface area contributed by atoms with E-state index < -0.39 is 24.9 Å². The van der Waals surface area contributed by atoms with E-state index in [1.54, 1.807) is 12.1 Å². The number of amides is 2. The van der Waals surface area contributed by atoms with Gasteiger partial charge in [-0.2, -0.15) is 4.31 Å². The van der Waals surface area contributed by atoms with E-state index in [-0.39, 0.29) is 30.8 Å². The topological polar surface area (TPSA) is 133 Å². The van der Waals surface area contributed by atoms with Crippen molar-refractivity contribution in [3.8, 4) is 11.1 Å². The average Bonchev–Trinajstić information content (AvgIpc) is 3.80. The van der Waals surface area contributed by atoms with Crippen LogP contribution in [0.3, 0.4) is 0 Å². The molecule has 228 valence electrons. The number of sulfone groups is 1. The van der Waals surface area contributed by atoms with Crippen LogP contribution in [-0.4, -0.2) is 75.4 Å². The quantitative estimate of drug-likeness (QED) is 0.351. The molecule has 0 bridgehead atoms. The molecular weight excluding hydrogens is 588 g/mol. The first-order chi connectivity index (χ1) is 20.4. The van der Waals surface area contributed by atoms with Crippen LogP contribution in [0.5, 0.6) is 0 Å². The molecule has 5 rings (SSSR count). The Kier molecular flexibility index (Phi) is 9.02. The van der Waals surface area contributed by atoms with Crippen LogP contribution in [-0.2, 0) is 31.2 Å². The van der Waals surface area contributed by atoms with E-state index in [9.17, 15) is 26.4 Å². The Balaban J connectivity index is 1.14. The maximum atomic E-state index is 12.9. The second-order valence-electron chi connectivity index (χ2n) is 11.4. The van der Waals surface area contributed by atoms with Gasteiger partial charge in [0.2, 0.25) is 15.9 Å². The third kappa shape index (κ3) is 8.29. The molecule has 0 aromatic heterocycles. The van der Waals surface area contributed by atoms with Crippen LogP contribution in [0.25, 0.3) is 11.1 Å². The van der Waals surface area contributed by atoms with E-state index in [1.807, 2.05) is 61.5 Å². The molecular formula is C31H36N4O6S2. The van der Waals surface area contributed by atoms with Crippen molar-refractivity contribution in [2.45, 2.75) is 26.3 Å². The van der Waals surface area contributed by atoms with E-state index in [1.165, 1.54) is 4.31 Å². The zero-order chi connectivity index (χ0) is 30.8. The van der Waals surface area contributed by atoms with Gasteiger partial charge < -0.3 is 10.6 Å². The Labute approximate surface area is 253 Å². The molecule has 2 fully saturated rings. The summed E-state index contributed by atoms with van der Waals surface area (Å²) in [6, 6.07) is 20.7. The molecule has 2 N–H and O–H groups in total. The van der Waals surface area contributed by atoms with Gasteiger partial charge in [0.15, 0.2) is 14.9 Å². The van der Waals surface area contributed by atoms with E-state index >= 15 is 0 Å². The third-order valence-electron chi connectivity index (χ3n) is 7.62. The molecule has 0 spiro atoms. The summed E-state index contributed by atoms with van der Waals surface area (Å²) in [5, 5.41) is 5.05. The highest BCUT2D eigenvalue weighted by Crippen LogP contribution is 2.32. The van der Waals surface area contributed by atoms with Crippen LogP contribution in [0.15, 0.2) is 66.7 Å². The van der Waals surface area contributed by atoms with Crippen molar-refractivity contribution < 1.29 is 26.4 Å². The van der Waals surface area contributed by atoms with Crippen molar-refractivity contribution in [3.63, 3.8) is 0 Å². The fourth-order valence-electron chi connectivity index (χ4n) is 5.07. The Morgan fingerprint density at radius 1 is 0.814 bits per heavy atom. The fourth-order valence-corrected chi connectivity index (χ4v) is 8.55. The number of carbonyl (C=O) groups is 2. The van der Waals surface area contributed by atoms with Crippen molar-refractivity contribution in [2.75, 3.05) is 48.2 Å². The number of rotatable bonds is 10. The molecule has 0 atom stereocenters. The van der Waals surface area contributed by atoms with E-state index in [2.05, 4.69) is 15.5 Å². The standard InChI is InChI=1S/C31H36N4O6S2/c1-22-3-12-28(33-31(37)26-10-11-26)19-29(22)24-6-8-25(9-7-24)30(36)32-27-13-4-23(5-14-27)20-34-15-17-35(18-16-34)43(40,41)21-42(2,38)39/h3-9,12-14,19,26H,10-11,15-18,20-21H2,1-2H3,(H,32,36)(H,33,37). The molecule has 1 aliphatic carbocycles. The molecule has 2 aliphatic rings. The van der Waals surface area contributed by atoms with E-state index in [4.69, 9.17) is 0 Å². The van der Waals surface area contributed by atoms with Gasteiger partial charge in [0.1, 0.15) is 0 Å². The minimum atomic E-state index is -3.84. The van der Waals surface area contributed by atoms with Gasteiger partial charge >= 0.3 is 0 Å². The van der Waals surface area contributed by atoms with Crippen LogP contribution >= 0.6 is 0 Å². The van der Waals surface area contributed by atoms with Crippen molar-refractivity contribution in [1.82, 2.24) is 9.21 Å². The van der Waals surface area contributed by atoms with Gasteiger partial charge in [-0.25, -0.2) is 16.8 Å². The highest BCUT2D eigenvalue weighted by atomic mass is 32.3. The molecule has 10 nitrogen and oxygen atoms in total. The Bertz CT molecular complexity index is 1710. The number of nitrogens with zero attached hydrogens (tertiary/aromatic N) is 2. The molecule has 43 heavy (non-hydrogen) atoms. The smallest absolute Gasteiger partial charge is 0.255 e. The Morgan fingerprint density at radius 2 is 1.44 bits per heavy atom. The zero-order valence-electron chi connectivity index (χ0n) is 24.2. The second-order valence-corrected chi connectivity index (χ2v) is 15.8. The molecule has 1 saturated carbocycles. The summed E-state index contributed by atoms with van der Waals surface area (Å²) in [5.41, 5.74) is 5.98. The lowest BCUT2D eigenvalue weighted by molar-refractivity contribution is -0.117. The summed E-state index contributed by atoms with van der Waals surface area (Å²) in [6.45, 7) is 4.10. The average molecular weight is 625 g/mol. The number of hydrogen-bond donors (Lipinski definition) is 2. The van der Waals surface area contributed by atoms with Crippen LogP contribution in [0.2, 0.25) is 0 Å². The fraction of sp³-hybridized carbons (Fsp3) is 0.355. The first kappa shape index (κ1) is 30.9. The van der Waals surface area contributed by atoms with Gasteiger partial charge in [-0.3, -0.25) is 14.5 Å². The summed E-state index contributed by atoms with van der Waals surface area (Å²) in [4.78, 5) is 27.2. The van der Waals surface area contributed by atoms with Crippen molar-refractivity contribution in [2.24, 2.45) is 5.92 Å². The zero-order valence-corrected chi connectivity index (χ0v) is 25.9. The number of piperazine rings is 1. The van der Waals surface area contributed by atoms with Gasteiger partial charge in [0.05, 0.1) is 0 Å². The molecule has 1 heterocycles. The first-order valence-electron chi connectivity index (χ1n) is 14.2. The van der Waals surface area contributed by atoms with Gasteiger partial charge in [-0.1, -0.05) is 30.3 Å². The van der Waals surface area contributed by atoms with Crippen LogP contribution in [0, 0.1) is 12.8 Å². The summed E-state index contributed by atoms with van der Waals surface area (Å²) >= 11 is 0. The molecule has 12 heteroatoms. The molecule has 3 aromatic rings. The van der Waals surface area contributed by atoms with Crippen molar-refractivity contribution in [1.29, 1.82) is 0 Å². The third-order valence-corrected chi connectivity index (χ3v) is 11.7. The SMILES string of the molecule is Cc1ccc(NC(=O)C2CC2)cc1-c1ccc(C(=O)Nc2ccc(CN3CCN(S(=O)(=O)CS(C)(=O)=O)CC3)cc2)cc1. The maximum absolute atomic E-state index is 12.9. The van der Waals surface area contributed by atoms with Crippen LogP contribution in [0.1, 0.15) is 34.3 Å². The number of sulfonamides is 1. The van der Waals surface area contributed by atoms with Crippen LogP contribution < -0.4 is 10.6 Å². The number of benzene rings is 3. The van der Waals surface area contributed by atoms with Gasteiger partial charge in [-0.15, -0.1) is 0 Å². The number of nitrogens with one attached hydrogen (secondary N) is 2. The Morgan fingerprint density at radius 3 is 2.05 bits per heavy atom. The highest BCUT2D eigenvalue weighted by molar-refractivity contribution is 8.06. The summed E-state index contributed by atoms with van der Waals surface area (Å²) in [6.07, 6.45) is 2.82. The molecule has 1 aliphatic heterocycles. The van der Waals surface area contributed by atoms with Gasteiger partial charge in [0, 0.05) is 61.8 Å². The monoisotopic (exact) mass is 624 g/mol. The van der Waals surface area contributed by atoms with E-state index in [0.717, 1.165) is 47.0 Å². The molecule has 0 radical (unpaired) electrons. The van der Waals surface area contributed by atoms with E-state index in [0.29, 0.717) is 30.9 Å². The molecule has 2 amide bonds. The predicted molar refractivity (Wildman–Crippen MR) is 168 cm³/mol. The summed E-state index contributed by atoms with van der Waals surface area (Å²) < 4.78 is 48.8. The predicted octanol–water partition coefficient (Wildman–Crippen LogP) is 3.71. The lowest BCUT2D eigenvalue weighted by Crippen LogP contribution is -2.49. The lowest BCUT2D eigenvalue weighted by atomic mass is 9.98. The summed E-state index contributed by atoms with van der Waals surface area (Å²) in [7, 11) is -7.47. The second kappa shape index (κ2) is 12.6. The highest BCUT2D eigenvalue weighted by Gasteiger charge is 2.30. The lowest BCUT2D eigenvalue weighted by Gasteiger charge is -2.33. The van der Waals surface area contributed by atoms with Crippen LogP contribution in [0.4, 0.5) is 11.4 Å². The number of hydrogen-bond acceptors (Lipinski definition) is 7. The number of aryl methyl sites for hydroxylation is 1. The van der Waals surface area contributed by atoms with Crippen molar-refractivity contribution >= 4 is 43.0 Å².